The fourth-order valence-electron chi connectivity index (χ4n) is 2.54. The largest absolute Gasteiger partial charge is 0.364 e. The van der Waals surface area contributed by atoms with Crippen LogP contribution in [0.3, 0.4) is 0 Å². The fraction of sp³-hybridized carbons (Fsp3) is 0.150. The number of amides is 1. The summed E-state index contributed by atoms with van der Waals surface area (Å²) >= 11 is 6.05. The van der Waals surface area contributed by atoms with Gasteiger partial charge in [0.15, 0.2) is 5.69 Å². The van der Waals surface area contributed by atoms with Crippen molar-refractivity contribution in [2.75, 3.05) is 5.32 Å². The van der Waals surface area contributed by atoms with E-state index >= 15 is 0 Å². The van der Waals surface area contributed by atoms with Crippen LogP contribution in [0, 0.1) is 0 Å². The number of aryl methyl sites for hydroxylation is 1. The van der Waals surface area contributed by atoms with Crippen LogP contribution in [-0.2, 0) is 7.05 Å². The molecule has 0 saturated carbocycles. The highest BCUT2D eigenvalue weighted by molar-refractivity contribution is 6.68. The van der Waals surface area contributed by atoms with Gasteiger partial charge in [-0.2, -0.15) is 5.10 Å². The lowest BCUT2D eigenvalue weighted by molar-refractivity contribution is 0.102. The normalized spacial score (nSPS) is 20.9. The Labute approximate surface area is 162 Å². The Balaban J connectivity index is 1.71. The van der Waals surface area contributed by atoms with Gasteiger partial charge in [-0.1, -0.05) is 42.0 Å². The zero-order chi connectivity index (χ0) is 19.2. The maximum atomic E-state index is 12.3. The smallest absolute Gasteiger partial charge is 0.276 e. The molecule has 7 heteroatoms. The van der Waals surface area contributed by atoms with Crippen molar-refractivity contribution >= 4 is 28.4 Å². The van der Waals surface area contributed by atoms with Crippen molar-refractivity contribution in [1.82, 2.24) is 15.1 Å². The first-order valence-electron chi connectivity index (χ1n) is 8.48. The topological polar surface area (TPSA) is 71.3 Å². The van der Waals surface area contributed by atoms with Gasteiger partial charge in [0.25, 0.3) is 5.91 Å². The van der Waals surface area contributed by atoms with E-state index in [4.69, 9.17) is 11.6 Å². The van der Waals surface area contributed by atoms with Gasteiger partial charge in [-0.3, -0.25) is 9.48 Å². The van der Waals surface area contributed by atoms with E-state index in [1.807, 2.05) is 55.5 Å². The van der Waals surface area contributed by atoms with Gasteiger partial charge >= 0.3 is 0 Å². The molecule has 1 aliphatic heterocycles. The van der Waals surface area contributed by atoms with Gasteiger partial charge in [0, 0.05) is 18.9 Å². The molecule has 2 heterocycles. The van der Waals surface area contributed by atoms with Gasteiger partial charge in [-0.15, -0.1) is 0 Å². The summed E-state index contributed by atoms with van der Waals surface area (Å²) in [5.74, 6) is 0.417. The van der Waals surface area contributed by atoms with Crippen molar-refractivity contribution in [2.24, 2.45) is 12.0 Å². The van der Waals surface area contributed by atoms with E-state index in [1.165, 1.54) is 0 Å². The van der Waals surface area contributed by atoms with E-state index in [0.29, 0.717) is 22.4 Å². The number of aliphatic imine (C=N–C) groups is 1. The van der Waals surface area contributed by atoms with E-state index in [0.717, 1.165) is 5.56 Å². The number of anilines is 1. The number of hydrogen-bond donors (Lipinski definition) is 2. The third-order valence-electron chi connectivity index (χ3n) is 3.89. The van der Waals surface area contributed by atoms with Crippen molar-refractivity contribution in [3.05, 3.63) is 84.0 Å². The first kappa shape index (κ1) is 18.7. The van der Waals surface area contributed by atoms with Gasteiger partial charge < -0.3 is 10.6 Å². The van der Waals surface area contributed by atoms with Crippen LogP contribution in [0.2, 0.25) is 0 Å². The molecule has 1 atom stereocenters. The van der Waals surface area contributed by atoms with Crippen molar-refractivity contribution < 1.29 is 4.79 Å². The highest BCUT2D eigenvalue weighted by Gasteiger charge is 2.11. The second-order valence-electron chi connectivity index (χ2n) is 6.05. The lowest BCUT2D eigenvalue weighted by Crippen LogP contribution is -2.18. The lowest BCUT2D eigenvalue weighted by Gasteiger charge is -2.17. The van der Waals surface area contributed by atoms with Crippen molar-refractivity contribution in [1.29, 1.82) is 0 Å². The Morgan fingerprint density at radius 1 is 1.22 bits per heavy atom. The molecular weight excluding hydrogens is 362 g/mol. The van der Waals surface area contributed by atoms with E-state index in [9.17, 15) is 4.79 Å². The number of carbonyl (C=O) groups is 1. The molecule has 0 spiro atoms. The summed E-state index contributed by atoms with van der Waals surface area (Å²) in [4.78, 5) is 16.6. The Kier molecular flexibility index (Phi) is 5.88. The number of benzene rings is 1. The molecule has 3 rings (SSSR count). The number of allylic oxidation sites excluding steroid dienone is 5. The molecule has 0 aliphatic carbocycles. The molecule has 2 aromatic rings. The quantitative estimate of drug-likeness (QED) is 0.824. The molecule has 1 amide bonds. The third kappa shape index (κ3) is 5.18. The van der Waals surface area contributed by atoms with E-state index in [-0.39, 0.29) is 11.9 Å². The minimum Gasteiger partial charge on any atom is -0.364 e. The molecule has 0 bridgehead atoms. The Hall–Kier alpha value is -3.12. The molecule has 0 fully saturated rings. The maximum Gasteiger partial charge on any atom is 0.276 e. The number of halogens is 1. The van der Waals surface area contributed by atoms with Gasteiger partial charge in [0.2, 0.25) is 0 Å². The number of rotatable bonds is 5. The predicted molar refractivity (Wildman–Crippen MR) is 109 cm³/mol. The molecule has 27 heavy (non-hydrogen) atoms. The van der Waals surface area contributed by atoms with Crippen LogP contribution in [0.1, 0.15) is 29.0 Å². The first-order chi connectivity index (χ1) is 13.0. The zero-order valence-electron chi connectivity index (χ0n) is 15.1. The van der Waals surface area contributed by atoms with Crippen LogP contribution in [0.4, 0.5) is 5.69 Å². The summed E-state index contributed by atoms with van der Waals surface area (Å²) in [5.41, 5.74) is 2.08. The zero-order valence-corrected chi connectivity index (χ0v) is 15.8. The monoisotopic (exact) mass is 381 g/mol. The first-order valence-corrected chi connectivity index (χ1v) is 8.86. The maximum absolute atomic E-state index is 12.3. The van der Waals surface area contributed by atoms with E-state index in [2.05, 4.69) is 20.7 Å². The van der Waals surface area contributed by atoms with Gasteiger partial charge in [0.1, 0.15) is 11.0 Å². The molecule has 1 aromatic heterocycles. The Morgan fingerprint density at radius 3 is 2.85 bits per heavy atom. The van der Waals surface area contributed by atoms with Gasteiger partial charge in [-0.05, 0) is 42.8 Å². The minimum absolute atomic E-state index is 0.0343. The number of carbonyl (C=O) groups excluding carboxylic acids is 1. The third-order valence-corrected chi connectivity index (χ3v) is 4.10. The number of nitrogens with one attached hydrogen (secondary N) is 2. The van der Waals surface area contributed by atoms with Crippen LogP contribution < -0.4 is 10.6 Å². The number of hydrogen-bond acceptors (Lipinski definition) is 4. The molecule has 0 unspecified atom stereocenters. The average Bonchev–Trinajstić information content (AvgIpc) is 3.06. The summed E-state index contributed by atoms with van der Waals surface area (Å²) in [6.45, 7) is 2.02. The van der Waals surface area contributed by atoms with Crippen molar-refractivity contribution in [3.8, 4) is 0 Å². The number of aromatic nitrogens is 2. The molecule has 0 radical (unpaired) electrons. The van der Waals surface area contributed by atoms with E-state index in [1.54, 1.807) is 30.1 Å². The molecule has 2 N–H and O–H groups in total. The van der Waals surface area contributed by atoms with Crippen LogP contribution in [0.25, 0.3) is 0 Å². The average molecular weight is 382 g/mol. The minimum atomic E-state index is -0.246. The molecule has 0 saturated heterocycles. The summed E-state index contributed by atoms with van der Waals surface area (Å²) < 4.78 is 1.59. The predicted octanol–water partition coefficient (Wildman–Crippen LogP) is 3.93. The van der Waals surface area contributed by atoms with Crippen LogP contribution in [0.15, 0.2) is 77.7 Å². The van der Waals surface area contributed by atoms with Crippen molar-refractivity contribution in [3.63, 3.8) is 0 Å². The standard InChI is InChI=1S/C20H20ClN5O/c1-14(22-19-10-5-3-4-9-18(21)24-19)15-7-6-8-16(13-15)23-20(27)17-11-12-26(2)25-17/h3-14H,1-2H3,(H,22,24)(H,23,27)/t14-/m0/s1. The van der Waals surface area contributed by atoms with Crippen LogP contribution in [-0.4, -0.2) is 20.9 Å². The second kappa shape index (κ2) is 8.51. The molecule has 6 nitrogen and oxygen atoms in total. The van der Waals surface area contributed by atoms with Crippen molar-refractivity contribution in [2.45, 2.75) is 13.0 Å². The van der Waals surface area contributed by atoms with E-state index < -0.39 is 0 Å². The molecular formula is C20H20ClN5O. The Morgan fingerprint density at radius 2 is 2.07 bits per heavy atom. The van der Waals surface area contributed by atoms with Gasteiger partial charge in [0.05, 0.1) is 6.04 Å². The Bertz CT molecular complexity index is 955. The SMILES string of the molecule is C[C@H](NC1=C/C=C/C=C/C(Cl)=N\1)c1cccc(NC(=O)c2ccn(C)n2)c1. The van der Waals surface area contributed by atoms with Crippen LogP contribution in [0.5, 0.6) is 0 Å². The lowest BCUT2D eigenvalue weighted by atomic mass is 10.1. The molecule has 138 valence electrons. The number of nitrogens with zero attached hydrogens (tertiary/aromatic N) is 3. The summed E-state index contributed by atoms with van der Waals surface area (Å²) in [7, 11) is 1.77. The molecule has 1 aromatic carbocycles. The second-order valence-corrected chi connectivity index (χ2v) is 6.44. The highest BCUT2D eigenvalue weighted by atomic mass is 35.5. The molecule has 1 aliphatic rings. The highest BCUT2D eigenvalue weighted by Crippen LogP contribution is 2.19. The van der Waals surface area contributed by atoms with Gasteiger partial charge in [-0.25, -0.2) is 4.99 Å². The summed E-state index contributed by atoms with van der Waals surface area (Å²) in [6.07, 6.45) is 10.9. The van der Waals surface area contributed by atoms with Crippen LogP contribution >= 0.6 is 11.6 Å². The fourth-order valence-corrected chi connectivity index (χ4v) is 2.70. The summed E-state index contributed by atoms with van der Waals surface area (Å²) in [5, 5.41) is 10.7. The summed E-state index contributed by atoms with van der Waals surface area (Å²) in [6, 6.07) is 9.28.